The number of hydrogen-bond acceptors (Lipinski definition) is 6. The Bertz CT molecular complexity index is 921. The van der Waals surface area contributed by atoms with Gasteiger partial charge in [0.1, 0.15) is 6.33 Å². The number of rotatable bonds is 3. The van der Waals surface area contributed by atoms with Crippen LogP contribution in [0.3, 0.4) is 0 Å². The van der Waals surface area contributed by atoms with Crippen LogP contribution in [-0.4, -0.2) is 72.6 Å². The first-order valence-corrected chi connectivity index (χ1v) is 11.3. The summed E-state index contributed by atoms with van der Waals surface area (Å²) in [6, 6.07) is 0. The second-order valence-corrected chi connectivity index (χ2v) is 10.6. The van der Waals surface area contributed by atoms with Crippen molar-refractivity contribution >= 4 is 42.5 Å². The molecule has 2 aromatic heterocycles. The lowest BCUT2D eigenvalue weighted by molar-refractivity contribution is 0.509. The zero-order valence-corrected chi connectivity index (χ0v) is 20.3. The van der Waals surface area contributed by atoms with E-state index in [0.29, 0.717) is 5.69 Å². The van der Waals surface area contributed by atoms with Gasteiger partial charge in [0, 0.05) is 44.6 Å². The van der Waals surface area contributed by atoms with Gasteiger partial charge in [0.05, 0.1) is 23.4 Å². The SMILES string of the molecule is C.CN(C)S(=O)(=O)Cl.Cc1nc[nH]c1C.Cc1ncn(S(=O)(=O)N(C)C)c1C.Cl. The molecule has 0 spiro atoms. The van der Waals surface area contributed by atoms with Gasteiger partial charge < -0.3 is 4.98 Å². The van der Waals surface area contributed by atoms with Crippen molar-refractivity contribution in [1.82, 2.24) is 27.5 Å². The first kappa shape index (κ1) is 32.5. The number of nitrogens with zero attached hydrogens (tertiary/aromatic N) is 5. The Hall–Kier alpha value is -1.18. The van der Waals surface area contributed by atoms with Gasteiger partial charge in [-0.15, -0.1) is 12.4 Å². The Balaban J connectivity index is -0.000000365. The minimum Gasteiger partial charge on any atom is -0.348 e. The lowest BCUT2D eigenvalue weighted by atomic mass is 10.4. The molecule has 14 heteroatoms. The molecule has 0 radical (unpaired) electrons. The van der Waals surface area contributed by atoms with Gasteiger partial charge in [-0.25, -0.2) is 13.9 Å². The fourth-order valence-corrected chi connectivity index (χ4v) is 2.31. The van der Waals surface area contributed by atoms with E-state index in [-0.39, 0.29) is 19.8 Å². The Morgan fingerprint density at radius 3 is 1.55 bits per heavy atom. The standard InChI is InChI=1S/C7H13N3O2S.C5H8N2.C2H6ClNO2S.CH4.ClH/c1-6-7(2)10(5-8-6)13(11,12)9(3)4;1-4-5(2)7-3-6-4;1-4(2)7(3,5)6;;/h5H,1-4H3;3H,1-2H3,(H,6,7);1-2H3;1H4;1H. The maximum Gasteiger partial charge on any atom is 0.308 e. The normalized spacial score (nSPS) is 10.9. The van der Waals surface area contributed by atoms with Crippen LogP contribution in [0.2, 0.25) is 0 Å². The lowest BCUT2D eigenvalue weighted by Crippen LogP contribution is -2.29. The zero-order valence-electron chi connectivity index (χ0n) is 17.1. The van der Waals surface area contributed by atoms with Crippen molar-refractivity contribution in [2.45, 2.75) is 35.1 Å². The third-order valence-corrected chi connectivity index (χ3v) is 6.93. The monoisotopic (exact) mass is 494 g/mol. The molecule has 1 N–H and O–H groups in total. The van der Waals surface area contributed by atoms with Crippen molar-refractivity contribution in [3.8, 4) is 0 Å². The number of imidazole rings is 2. The molecule has 2 heterocycles. The minimum absolute atomic E-state index is 0. The quantitative estimate of drug-likeness (QED) is 0.652. The molecule has 10 nitrogen and oxygen atoms in total. The summed E-state index contributed by atoms with van der Waals surface area (Å²) in [5.74, 6) is 0. The Morgan fingerprint density at radius 1 is 0.931 bits per heavy atom. The fraction of sp³-hybridized carbons (Fsp3) is 0.600. The number of aryl methyl sites for hydroxylation is 3. The summed E-state index contributed by atoms with van der Waals surface area (Å²) in [5, 5.41) is 0. The number of halogens is 2. The average molecular weight is 495 g/mol. The van der Waals surface area contributed by atoms with Crippen molar-refractivity contribution in [2.75, 3.05) is 28.2 Å². The van der Waals surface area contributed by atoms with E-state index in [2.05, 4.69) is 15.0 Å². The molecule has 0 fully saturated rings. The molecular formula is C15H32Cl2N6O4S2. The number of aromatic nitrogens is 4. The molecule has 0 aliphatic rings. The summed E-state index contributed by atoms with van der Waals surface area (Å²) in [6.45, 7) is 7.48. The van der Waals surface area contributed by atoms with E-state index in [1.165, 1.54) is 38.5 Å². The Morgan fingerprint density at radius 2 is 1.38 bits per heavy atom. The van der Waals surface area contributed by atoms with Crippen molar-refractivity contribution < 1.29 is 16.8 Å². The highest BCUT2D eigenvalue weighted by Crippen LogP contribution is 2.09. The topological polar surface area (TPSA) is 121 Å². The van der Waals surface area contributed by atoms with Crippen LogP contribution in [0.1, 0.15) is 30.2 Å². The number of hydrogen-bond donors (Lipinski definition) is 1. The second kappa shape index (κ2) is 13.2. The van der Waals surface area contributed by atoms with Gasteiger partial charge in [0.15, 0.2) is 0 Å². The molecular weight excluding hydrogens is 463 g/mol. The first-order chi connectivity index (χ1) is 12.1. The van der Waals surface area contributed by atoms with E-state index >= 15 is 0 Å². The van der Waals surface area contributed by atoms with Crippen LogP contribution in [0.15, 0.2) is 12.7 Å². The van der Waals surface area contributed by atoms with Gasteiger partial charge in [-0.05, 0) is 27.7 Å². The molecule has 0 aromatic carbocycles. The van der Waals surface area contributed by atoms with Crippen LogP contribution in [0.4, 0.5) is 0 Å². The number of nitrogens with one attached hydrogen (secondary N) is 1. The summed E-state index contributed by atoms with van der Waals surface area (Å²) >= 11 is 0. The molecule has 0 bridgehead atoms. The van der Waals surface area contributed by atoms with Gasteiger partial charge in [-0.3, -0.25) is 0 Å². The maximum absolute atomic E-state index is 11.6. The smallest absolute Gasteiger partial charge is 0.308 e. The van der Waals surface area contributed by atoms with Crippen LogP contribution >= 0.6 is 23.1 Å². The first-order valence-electron chi connectivity index (χ1n) is 7.64. The molecule has 0 aliphatic carbocycles. The van der Waals surface area contributed by atoms with Crippen molar-refractivity contribution in [1.29, 1.82) is 0 Å². The van der Waals surface area contributed by atoms with E-state index < -0.39 is 19.4 Å². The number of aromatic amines is 1. The molecule has 0 saturated heterocycles. The van der Waals surface area contributed by atoms with Gasteiger partial charge in [-0.2, -0.15) is 25.4 Å². The summed E-state index contributed by atoms with van der Waals surface area (Å²) < 4.78 is 46.5. The van der Waals surface area contributed by atoms with E-state index in [9.17, 15) is 16.8 Å². The summed E-state index contributed by atoms with van der Waals surface area (Å²) in [4.78, 5) is 10.8. The van der Waals surface area contributed by atoms with Crippen LogP contribution in [0.5, 0.6) is 0 Å². The molecule has 0 saturated carbocycles. The summed E-state index contributed by atoms with van der Waals surface area (Å²) in [6.07, 6.45) is 3.02. The van der Waals surface area contributed by atoms with Gasteiger partial charge in [0.25, 0.3) is 9.24 Å². The fourth-order valence-electron chi connectivity index (χ4n) is 1.31. The summed E-state index contributed by atoms with van der Waals surface area (Å²) in [7, 11) is 3.64. The molecule has 0 atom stereocenters. The van der Waals surface area contributed by atoms with Crippen molar-refractivity contribution in [3.05, 3.63) is 35.4 Å². The average Bonchev–Trinajstić information content (AvgIpc) is 3.06. The van der Waals surface area contributed by atoms with Crippen LogP contribution in [0, 0.1) is 27.7 Å². The van der Waals surface area contributed by atoms with E-state index in [0.717, 1.165) is 25.7 Å². The Kier molecular flexibility index (Phi) is 14.8. The largest absolute Gasteiger partial charge is 0.348 e. The minimum atomic E-state index is -3.44. The Labute approximate surface area is 185 Å². The predicted molar refractivity (Wildman–Crippen MR) is 120 cm³/mol. The molecule has 2 aromatic rings. The molecule has 172 valence electrons. The van der Waals surface area contributed by atoms with E-state index in [4.69, 9.17) is 10.7 Å². The van der Waals surface area contributed by atoms with Crippen LogP contribution in [-0.2, 0) is 19.4 Å². The third-order valence-electron chi connectivity index (χ3n) is 3.44. The van der Waals surface area contributed by atoms with E-state index in [1.54, 1.807) is 20.2 Å². The van der Waals surface area contributed by atoms with E-state index in [1.807, 2.05) is 13.8 Å². The van der Waals surface area contributed by atoms with Crippen LogP contribution < -0.4 is 0 Å². The maximum atomic E-state index is 11.6. The lowest BCUT2D eigenvalue weighted by Gasteiger charge is -2.12. The highest BCUT2D eigenvalue weighted by Gasteiger charge is 2.18. The third kappa shape index (κ3) is 10.4. The van der Waals surface area contributed by atoms with Crippen molar-refractivity contribution in [2.24, 2.45) is 0 Å². The predicted octanol–water partition coefficient (Wildman–Crippen LogP) is 2.27. The van der Waals surface area contributed by atoms with Crippen LogP contribution in [0.25, 0.3) is 0 Å². The molecule has 0 amide bonds. The molecule has 29 heavy (non-hydrogen) atoms. The molecule has 0 unspecified atom stereocenters. The molecule has 2 rings (SSSR count). The highest BCUT2D eigenvalue weighted by molar-refractivity contribution is 8.11. The number of H-pyrrole nitrogens is 1. The zero-order chi connectivity index (χ0) is 21.6. The van der Waals surface area contributed by atoms with Gasteiger partial charge in [0.2, 0.25) is 0 Å². The van der Waals surface area contributed by atoms with Gasteiger partial charge in [-0.1, -0.05) is 7.43 Å². The van der Waals surface area contributed by atoms with Gasteiger partial charge >= 0.3 is 10.2 Å². The van der Waals surface area contributed by atoms with Crippen molar-refractivity contribution in [3.63, 3.8) is 0 Å². The summed E-state index contributed by atoms with van der Waals surface area (Å²) in [5.41, 5.74) is 3.61. The second-order valence-electron chi connectivity index (χ2n) is 5.84. The molecule has 0 aliphatic heterocycles. The highest BCUT2D eigenvalue weighted by atomic mass is 35.7.